The van der Waals surface area contributed by atoms with Crippen molar-refractivity contribution < 1.29 is 14.4 Å². The molecule has 0 aliphatic carbocycles. The lowest BCUT2D eigenvalue weighted by Gasteiger charge is -2.17. The van der Waals surface area contributed by atoms with Crippen molar-refractivity contribution in [1.82, 2.24) is 10.2 Å². The Morgan fingerprint density at radius 3 is 2.31 bits per heavy atom. The highest BCUT2D eigenvalue weighted by Gasteiger charge is 2.39. The topological polar surface area (TPSA) is 66.5 Å². The normalized spacial score (nSPS) is 17.6. The largest absolute Gasteiger partial charge is 0.321 e. The minimum Gasteiger partial charge on any atom is -0.321 e. The van der Waals surface area contributed by atoms with Crippen molar-refractivity contribution in [3.63, 3.8) is 0 Å². The Bertz CT molecular complexity index is 550. The first kappa shape index (κ1) is 25.7. The van der Waals surface area contributed by atoms with E-state index in [1.165, 1.54) is 42.3 Å². The summed E-state index contributed by atoms with van der Waals surface area (Å²) in [6.07, 6.45) is 12.0. The first-order chi connectivity index (χ1) is 13.9. The molecule has 1 N–H and O–H groups in total. The van der Waals surface area contributed by atoms with E-state index in [9.17, 15) is 14.4 Å². The van der Waals surface area contributed by atoms with Crippen LogP contribution in [0.4, 0.5) is 0 Å². The standard InChI is InChI=1S/C23H40N2O3S/c1-5-8-10-11-12-13-14-16-25-21(26)17-20(23(25)28)29-18(4)24-22(27)19(7-3)15-9-6-2/h19-20H,4-17H2,1-3H3,(H,24,27). The average molecular weight is 425 g/mol. The number of amides is 3. The number of imide groups is 1. The molecule has 0 aromatic rings. The fourth-order valence-electron chi connectivity index (χ4n) is 3.62. The maximum Gasteiger partial charge on any atom is 0.243 e. The Kier molecular flexibility index (Phi) is 13.0. The maximum atomic E-state index is 12.6. The summed E-state index contributed by atoms with van der Waals surface area (Å²) in [4.78, 5) is 38.6. The van der Waals surface area contributed by atoms with Gasteiger partial charge in [0.05, 0.1) is 10.3 Å². The summed E-state index contributed by atoms with van der Waals surface area (Å²) in [7, 11) is 0. The van der Waals surface area contributed by atoms with Crippen LogP contribution < -0.4 is 5.32 Å². The second-order valence-electron chi connectivity index (χ2n) is 7.98. The third-order valence-corrected chi connectivity index (χ3v) is 6.54. The average Bonchev–Trinajstić information content (AvgIpc) is 2.94. The summed E-state index contributed by atoms with van der Waals surface area (Å²) in [5.74, 6) is -0.302. The molecule has 0 aromatic heterocycles. The number of rotatable bonds is 16. The van der Waals surface area contributed by atoms with Gasteiger partial charge in [-0.15, -0.1) is 0 Å². The quantitative estimate of drug-likeness (QED) is 0.266. The van der Waals surface area contributed by atoms with Crippen LogP contribution in [-0.4, -0.2) is 34.4 Å². The van der Waals surface area contributed by atoms with Crippen molar-refractivity contribution in [2.45, 2.75) is 103 Å². The molecule has 3 amide bonds. The molecule has 166 valence electrons. The molecule has 0 aromatic carbocycles. The SMILES string of the molecule is C=C(NC(=O)C(CC)CCCC)SC1CC(=O)N(CCCCCCCCC)C1=O. The van der Waals surface area contributed by atoms with E-state index < -0.39 is 5.25 Å². The van der Waals surface area contributed by atoms with Gasteiger partial charge in [-0.1, -0.05) is 90.5 Å². The molecular formula is C23H40N2O3S. The number of likely N-dealkylation sites (tertiary alicyclic amines) is 1. The smallest absolute Gasteiger partial charge is 0.243 e. The molecule has 1 heterocycles. The van der Waals surface area contributed by atoms with Crippen LogP contribution in [0.2, 0.25) is 0 Å². The van der Waals surface area contributed by atoms with Crippen molar-refractivity contribution in [2.24, 2.45) is 5.92 Å². The third kappa shape index (κ3) is 9.37. The molecule has 2 unspecified atom stereocenters. The lowest BCUT2D eigenvalue weighted by Crippen LogP contribution is -2.33. The molecule has 0 radical (unpaired) electrons. The van der Waals surface area contributed by atoms with Gasteiger partial charge in [0.2, 0.25) is 17.7 Å². The Morgan fingerprint density at radius 2 is 1.69 bits per heavy atom. The number of nitrogens with one attached hydrogen (secondary N) is 1. The van der Waals surface area contributed by atoms with Crippen molar-refractivity contribution >= 4 is 29.5 Å². The van der Waals surface area contributed by atoms with Crippen molar-refractivity contribution in [3.05, 3.63) is 11.6 Å². The molecule has 6 heteroatoms. The van der Waals surface area contributed by atoms with Gasteiger partial charge >= 0.3 is 0 Å². The molecule has 1 fully saturated rings. The minimum absolute atomic E-state index is 0.0259. The lowest BCUT2D eigenvalue weighted by molar-refractivity contribution is -0.138. The predicted octanol–water partition coefficient (Wildman–Crippen LogP) is 5.40. The minimum atomic E-state index is -0.462. The second-order valence-corrected chi connectivity index (χ2v) is 9.27. The predicted molar refractivity (Wildman–Crippen MR) is 121 cm³/mol. The van der Waals surface area contributed by atoms with Crippen molar-refractivity contribution in [1.29, 1.82) is 0 Å². The fourth-order valence-corrected chi connectivity index (χ4v) is 4.58. The van der Waals surface area contributed by atoms with Gasteiger partial charge < -0.3 is 5.32 Å². The first-order valence-corrected chi connectivity index (χ1v) is 12.3. The summed E-state index contributed by atoms with van der Waals surface area (Å²) in [6.45, 7) is 10.7. The molecule has 1 aliphatic rings. The van der Waals surface area contributed by atoms with Crippen molar-refractivity contribution in [3.8, 4) is 0 Å². The number of carbonyl (C=O) groups is 3. The van der Waals surface area contributed by atoms with Gasteiger partial charge in [-0.25, -0.2) is 0 Å². The summed E-state index contributed by atoms with van der Waals surface area (Å²) in [5, 5.41) is 2.85. The molecule has 2 atom stereocenters. The second kappa shape index (κ2) is 14.6. The van der Waals surface area contributed by atoms with Gasteiger partial charge in [0.15, 0.2) is 0 Å². The van der Waals surface area contributed by atoms with Gasteiger partial charge in [0, 0.05) is 18.9 Å². The van der Waals surface area contributed by atoms with E-state index in [0.29, 0.717) is 11.6 Å². The Morgan fingerprint density at radius 1 is 1.07 bits per heavy atom. The van der Waals surface area contributed by atoms with Gasteiger partial charge in [-0.3, -0.25) is 19.3 Å². The molecular weight excluding hydrogens is 384 g/mol. The Balaban J connectivity index is 2.38. The summed E-state index contributed by atoms with van der Waals surface area (Å²) >= 11 is 1.22. The molecule has 5 nitrogen and oxygen atoms in total. The van der Waals surface area contributed by atoms with Gasteiger partial charge in [0.1, 0.15) is 0 Å². The summed E-state index contributed by atoms with van der Waals surface area (Å²) in [6, 6.07) is 0. The molecule has 1 rings (SSSR count). The molecule has 0 spiro atoms. The maximum absolute atomic E-state index is 12.6. The van der Waals surface area contributed by atoms with Crippen molar-refractivity contribution in [2.75, 3.05) is 6.54 Å². The molecule has 0 saturated carbocycles. The highest BCUT2D eigenvalue weighted by Crippen LogP contribution is 2.29. The van der Waals surface area contributed by atoms with E-state index in [1.807, 2.05) is 6.92 Å². The van der Waals surface area contributed by atoms with Gasteiger partial charge in [-0.2, -0.15) is 0 Å². The molecule has 29 heavy (non-hydrogen) atoms. The third-order valence-electron chi connectivity index (χ3n) is 5.50. The zero-order valence-electron chi connectivity index (χ0n) is 18.6. The molecule has 0 bridgehead atoms. The monoisotopic (exact) mass is 424 g/mol. The van der Waals surface area contributed by atoms with Crippen LogP contribution in [0.3, 0.4) is 0 Å². The van der Waals surface area contributed by atoms with Crippen LogP contribution in [0.5, 0.6) is 0 Å². The van der Waals surface area contributed by atoms with Crippen LogP contribution >= 0.6 is 11.8 Å². The zero-order chi connectivity index (χ0) is 21.6. The van der Waals surface area contributed by atoms with Crippen LogP contribution in [0, 0.1) is 5.92 Å². The summed E-state index contributed by atoms with van der Waals surface area (Å²) < 4.78 is 0. The Hall–Kier alpha value is -1.30. The van der Waals surface area contributed by atoms with Gasteiger partial charge in [0.25, 0.3) is 0 Å². The van der Waals surface area contributed by atoms with E-state index in [2.05, 4.69) is 25.7 Å². The Labute approximate surface area is 181 Å². The van der Waals surface area contributed by atoms with Crippen LogP contribution in [0.1, 0.15) is 97.8 Å². The fraction of sp³-hybridized carbons (Fsp3) is 0.783. The van der Waals surface area contributed by atoms with E-state index >= 15 is 0 Å². The highest BCUT2D eigenvalue weighted by molar-refractivity contribution is 8.04. The molecule has 1 aliphatic heterocycles. The van der Waals surface area contributed by atoms with Crippen LogP contribution in [-0.2, 0) is 14.4 Å². The number of hydrogen-bond acceptors (Lipinski definition) is 4. The first-order valence-electron chi connectivity index (χ1n) is 11.4. The van der Waals surface area contributed by atoms with E-state index in [1.54, 1.807) is 0 Å². The van der Waals surface area contributed by atoms with Crippen LogP contribution in [0.15, 0.2) is 11.6 Å². The number of unbranched alkanes of at least 4 members (excludes halogenated alkanes) is 7. The lowest BCUT2D eigenvalue weighted by atomic mass is 9.99. The van der Waals surface area contributed by atoms with Gasteiger partial charge in [-0.05, 0) is 19.3 Å². The van der Waals surface area contributed by atoms with E-state index in [-0.39, 0.29) is 30.1 Å². The number of hydrogen-bond donors (Lipinski definition) is 1. The number of carbonyl (C=O) groups excluding carboxylic acids is 3. The van der Waals surface area contributed by atoms with Crippen LogP contribution in [0.25, 0.3) is 0 Å². The number of thioether (sulfide) groups is 1. The van der Waals surface area contributed by atoms with E-state index in [0.717, 1.165) is 44.9 Å². The number of nitrogens with zero attached hydrogens (tertiary/aromatic N) is 1. The highest BCUT2D eigenvalue weighted by atomic mass is 32.2. The molecule has 1 saturated heterocycles. The van der Waals surface area contributed by atoms with E-state index in [4.69, 9.17) is 0 Å². The summed E-state index contributed by atoms with van der Waals surface area (Å²) in [5.41, 5.74) is 0. The zero-order valence-corrected chi connectivity index (χ0v) is 19.5.